The van der Waals surface area contributed by atoms with Gasteiger partial charge in [-0.15, -0.1) is 11.3 Å². The summed E-state index contributed by atoms with van der Waals surface area (Å²) >= 11 is 1.89. The molecule has 0 amide bonds. The van der Waals surface area contributed by atoms with Gasteiger partial charge < -0.3 is 10.1 Å². The highest BCUT2D eigenvalue weighted by atomic mass is 32.1. The van der Waals surface area contributed by atoms with E-state index in [-0.39, 0.29) is 5.54 Å². The molecule has 1 saturated carbocycles. The summed E-state index contributed by atoms with van der Waals surface area (Å²) in [7, 11) is 1.77. The maximum atomic E-state index is 5.24. The van der Waals surface area contributed by atoms with Crippen molar-refractivity contribution in [1.29, 1.82) is 0 Å². The monoisotopic (exact) mass is 310 g/mol. The molecule has 0 saturated heterocycles. The molecule has 21 heavy (non-hydrogen) atoms. The summed E-state index contributed by atoms with van der Waals surface area (Å²) in [6.45, 7) is 10.8. The van der Waals surface area contributed by atoms with Gasteiger partial charge in [-0.1, -0.05) is 27.2 Å². The second-order valence-corrected chi connectivity index (χ2v) is 8.27. The minimum Gasteiger partial charge on any atom is -0.383 e. The third-order valence-corrected chi connectivity index (χ3v) is 5.86. The van der Waals surface area contributed by atoms with Gasteiger partial charge in [0, 0.05) is 18.5 Å². The number of methoxy groups -OCH3 is 1. The van der Waals surface area contributed by atoms with E-state index in [1.807, 2.05) is 11.3 Å². The van der Waals surface area contributed by atoms with E-state index in [1.165, 1.54) is 41.3 Å². The number of hydrogen-bond acceptors (Lipinski definition) is 4. The molecule has 1 heterocycles. The lowest BCUT2D eigenvalue weighted by Gasteiger charge is -2.44. The molecule has 0 radical (unpaired) electrons. The molecular weight excluding hydrogens is 280 g/mol. The molecule has 0 spiro atoms. The van der Waals surface area contributed by atoms with Gasteiger partial charge in [-0.25, -0.2) is 4.98 Å². The number of hydrogen-bond donors (Lipinski definition) is 1. The summed E-state index contributed by atoms with van der Waals surface area (Å²) in [6.07, 6.45) is 5.97. The molecule has 1 aliphatic rings. The van der Waals surface area contributed by atoms with E-state index >= 15 is 0 Å². The Morgan fingerprint density at radius 3 is 2.67 bits per heavy atom. The number of rotatable bonds is 6. The first-order chi connectivity index (χ1) is 9.92. The van der Waals surface area contributed by atoms with Gasteiger partial charge >= 0.3 is 0 Å². The van der Waals surface area contributed by atoms with Crippen molar-refractivity contribution in [2.45, 2.75) is 65.3 Å². The molecule has 2 rings (SSSR count). The zero-order valence-corrected chi connectivity index (χ0v) is 15.0. The van der Waals surface area contributed by atoms with Crippen LogP contribution in [0.25, 0.3) is 0 Å². The van der Waals surface area contributed by atoms with Crippen LogP contribution in [0.1, 0.15) is 62.0 Å². The molecule has 1 aromatic rings. The quantitative estimate of drug-likeness (QED) is 0.805. The van der Waals surface area contributed by atoms with Crippen LogP contribution in [0.3, 0.4) is 0 Å². The molecule has 120 valence electrons. The van der Waals surface area contributed by atoms with Crippen LogP contribution < -0.4 is 5.32 Å². The third-order valence-electron chi connectivity index (χ3n) is 4.64. The van der Waals surface area contributed by atoms with Crippen LogP contribution >= 0.6 is 11.3 Å². The van der Waals surface area contributed by atoms with Crippen LogP contribution in [0, 0.1) is 12.3 Å². The Balaban J connectivity index is 2.30. The van der Waals surface area contributed by atoms with E-state index in [1.54, 1.807) is 7.11 Å². The number of ether oxygens (including phenoxy) is 1. The minimum absolute atomic E-state index is 0.0448. The fourth-order valence-electron chi connectivity index (χ4n) is 3.62. The molecule has 0 bridgehead atoms. The second kappa shape index (κ2) is 6.76. The normalized spacial score (nSPS) is 25.2. The first-order valence-electron chi connectivity index (χ1n) is 8.13. The maximum absolute atomic E-state index is 5.24. The maximum Gasteiger partial charge on any atom is 0.113 e. The molecule has 1 unspecified atom stereocenters. The first kappa shape index (κ1) is 16.9. The summed E-state index contributed by atoms with van der Waals surface area (Å²) in [5.41, 5.74) is 1.69. The summed E-state index contributed by atoms with van der Waals surface area (Å²) < 4.78 is 5.24. The van der Waals surface area contributed by atoms with E-state index in [4.69, 9.17) is 9.72 Å². The Kier molecular flexibility index (Phi) is 5.44. The smallest absolute Gasteiger partial charge is 0.113 e. The largest absolute Gasteiger partial charge is 0.383 e. The Hall–Kier alpha value is -0.450. The molecular formula is C17H30N2OS. The molecule has 0 aliphatic heterocycles. The van der Waals surface area contributed by atoms with Crippen LogP contribution in [0.4, 0.5) is 0 Å². The fourth-order valence-corrected chi connectivity index (χ4v) is 4.82. The predicted molar refractivity (Wildman–Crippen MR) is 90.0 cm³/mol. The van der Waals surface area contributed by atoms with Crippen molar-refractivity contribution in [1.82, 2.24) is 10.3 Å². The summed E-state index contributed by atoms with van der Waals surface area (Å²) in [6, 6.07) is 0. The summed E-state index contributed by atoms with van der Waals surface area (Å²) in [5.74, 6) is 0. The number of nitrogens with zero attached hydrogens (tertiary/aromatic N) is 1. The van der Waals surface area contributed by atoms with Crippen molar-refractivity contribution in [2.24, 2.45) is 5.41 Å². The first-order valence-corrected chi connectivity index (χ1v) is 8.95. The number of aryl methyl sites for hydroxylation is 2. The van der Waals surface area contributed by atoms with Crippen molar-refractivity contribution in [3.63, 3.8) is 0 Å². The topological polar surface area (TPSA) is 34.2 Å². The van der Waals surface area contributed by atoms with Crippen LogP contribution in [0.5, 0.6) is 0 Å². The van der Waals surface area contributed by atoms with E-state index in [9.17, 15) is 0 Å². The number of nitrogens with one attached hydrogen (secondary N) is 1. The molecule has 1 atom stereocenters. The van der Waals surface area contributed by atoms with E-state index in [0.29, 0.717) is 5.41 Å². The molecule has 1 N–H and O–H groups in total. The predicted octanol–water partition coefficient (Wildman–Crippen LogP) is 4.05. The van der Waals surface area contributed by atoms with Gasteiger partial charge in [0.05, 0.1) is 17.8 Å². The molecule has 1 aromatic heterocycles. The van der Waals surface area contributed by atoms with Crippen molar-refractivity contribution in [3.8, 4) is 0 Å². The Bertz CT molecular complexity index is 469. The lowest BCUT2D eigenvalue weighted by molar-refractivity contribution is 0.105. The summed E-state index contributed by atoms with van der Waals surface area (Å²) in [5, 5.41) is 5.09. The molecule has 4 heteroatoms. The third kappa shape index (κ3) is 3.85. The van der Waals surface area contributed by atoms with Gasteiger partial charge in [0.1, 0.15) is 5.01 Å². The van der Waals surface area contributed by atoms with Crippen molar-refractivity contribution in [3.05, 3.63) is 15.6 Å². The highest BCUT2D eigenvalue weighted by Crippen LogP contribution is 2.47. The zero-order chi connectivity index (χ0) is 15.5. The highest BCUT2D eigenvalue weighted by molar-refractivity contribution is 7.11. The highest BCUT2D eigenvalue weighted by Gasteiger charge is 2.43. The van der Waals surface area contributed by atoms with Gasteiger partial charge in [-0.2, -0.15) is 0 Å². The molecule has 3 nitrogen and oxygen atoms in total. The number of thiazole rings is 1. The van der Waals surface area contributed by atoms with E-state index in [0.717, 1.165) is 19.6 Å². The SMILES string of the molecule is CCc1nc(C2(NCCOC)CCCC(C)(C)C2)sc1C. The zero-order valence-electron chi connectivity index (χ0n) is 14.2. The van der Waals surface area contributed by atoms with E-state index < -0.39 is 0 Å². The Morgan fingerprint density at radius 2 is 2.10 bits per heavy atom. The minimum atomic E-state index is 0.0448. The second-order valence-electron chi connectivity index (χ2n) is 7.07. The van der Waals surface area contributed by atoms with Crippen LogP contribution in [0.15, 0.2) is 0 Å². The van der Waals surface area contributed by atoms with Gasteiger partial charge in [0.2, 0.25) is 0 Å². The van der Waals surface area contributed by atoms with Crippen molar-refractivity contribution >= 4 is 11.3 Å². The van der Waals surface area contributed by atoms with Gasteiger partial charge in [0.15, 0.2) is 0 Å². The standard InChI is InChI=1S/C17H30N2OS/c1-6-14-13(2)21-15(19-14)17(18-10-11-20-5)9-7-8-16(3,4)12-17/h18H,6-12H2,1-5H3. The lowest BCUT2D eigenvalue weighted by atomic mass is 9.68. The van der Waals surface area contributed by atoms with E-state index in [2.05, 4.69) is 33.0 Å². The fraction of sp³-hybridized carbons (Fsp3) is 0.824. The lowest BCUT2D eigenvalue weighted by Crippen LogP contribution is -2.49. The Labute approximate surface area is 133 Å². The van der Waals surface area contributed by atoms with Crippen molar-refractivity contribution < 1.29 is 4.74 Å². The summed E-state index contributed by atoms with van der Waals surface area (Å²) in [4.78, 5) is 6.36. The average Bonchev–Trinajstić information content (AvgIpc) is 2.80. The Morgan fingerprint density at radius 1 is 1.33 bits per heavy atom. The van der Waals surface area contributed by atoms with Gasteiger partial charge in [0.25, 0.3) is 0 Å². The van der Waals surface area contributed by atoms with Gasteiger partial charge in [-0.05, 0) is 38.0 Å². The van der Waals surface area contributed by atoms with Crippen LogP contribution in [0.2, 0.25) is 0 Å². The average molecular weight is 311 g/mol. The van der Waals surface area contributed by atoms with Crippen LogP contribution in [-0.2, 0) is 16.7 Å². The molecule has 0 aromatic carbocycles. The number of aromatic nitrogens is 1. The molecule has 1 aliphatic carbocycles. The van der Waals surface area contributed by atoms with Crippen molar-refractivity contribution in [2.75, 3.05) is 20.3 Å². The van der Waals surface area contributed by atoms with Crippen LogP contribution in [-0.4, -0.2) is 25.2 Å². The molecule has 1 fully saturated rings. The van der Waals surface area contributed by atoms with Gasteiger partial charge in [-0.3, -0.25) is 0 Å².